The minimum atomic E-state index is -1.03. The molecule has 0 fully saturated rings. The van der Waals surface area contributed by atoms with Crippen molar-refractivity contribution >= 4 is 86.9 Å². The fourth-order valence-corrected chi connectivity index (χ4v) is 4.06. The molecule has 2 N–H and O–H groups in total. The van der Waals surface area contributed by atoms with Crippen molar-refractivity contribution in [1.82, 2.24) is 5.43 Å². The summed E-state index contributed by atoms with van der Waals surface area (Å²) in [5.41, 5.74) is 2.94. The highest BCUT2D eigenvalue weighted by Gasteiger charge is 2.17. The van der Waals surface area contributed by atoms with Gasteiger partial charge in [0.25, 0.3) is 0 Å². The van der Waals surface area contributed by atoms with Crippen molar-refractivity contribution in [2.75, 3.05) is 5.32 Å². The van der Waals surface area contributed by atoms with Gasteiger partial charge in [0.1, 0.15) is 5.75 Å². The van der Waals surface area contributed by atoms with Crippen LogP contribution in [0.1, 0.15) is 15.9 Å². The summed E-state index contributed by atoms with van der Waals surface area (Å²) >= 11 is 23.8. The van der Waals surface area contributed by atoms with Gasteiger partial charge in [-0.05, 0) is 53.2 Å². The van der Waals surface area contributed by atoms with Gasteiger partial charge in [0.2, 0.25) is 0 Å². The van der Waals surface area contributed by atoms with Crippen molar-refractivity contribution in [2.24, 2.45) is 5.10 Å². The third-order valence-electron chi connectivity index (χ3n) is 5.03. The predicted octanol–water partition coefficient (Wildman–Crippen LogP) is 6.76. The Balaban J connectivity index is 1.55. The Morgan fingerprint density at radius 1 is 0.784 bits per heavy atom. The molecule has 4 rings (SSSR count). The molecule has 2 amide bonds. The van der Waals surface area contributed by atoms with E-state index in [-0.39, 0.29) is 27.0 Å². The zero-order valence-corrected chi connectivity index (χ0v) is 21.6. The second-order valence-electron chi connectivity index (χ2n) is 7.49. The van der Waals surface area contributed by atoms with E-state index in [2.05, 4.69) is 15.8 Å². The Labute approximate surface area is 230 Å². The first-order valence-corrected chi connectivity index (χ1v) is 12.0. The largest absolute Gasteiger partial charge is 0.422 e. The molecule has 0 aliphatic heterocycles. The number of hydrogen-bond donors (Lipinski definition) is 2. The molecular weight excluding hydrogens is 560 g/mol. The number of ether oxygens (including phenoxy) is 1. The number of fused-ring (bicyclic) bond motifs is 1. The molecular formula is C26H15Cl4N3O4. The lowest BCUT2D eigenvalue weighted by Crippen LogP contribution is -2.32. The molecule has 4 aromatic rings. The van der Waals surface area contributed by atoms with E-state index in [1.54, 1.807) is 24.3 Å². The van der Waals surface area contributed by atoms with E-state index in [9.17, 15) is 14.4 Å². The van der Waals surface area contributed by atoms with Gasteiger partial charge in [0, 0.05) is 16.3 Å². The van der Waals surface area contributed by atoms with Crippen molar-refractivity contribution in [3.63, 3.8) is 0 Å². The van der Waals surface area contributed by atoms with E-state index < -0.39 is 17.8 Å². The van der Waals surface area contributed by atoms with Crippen LogP contribution >= 0.6 is 46.4 Å². The number of esters is 1. The predicted molar refractivity (Wildman–Crippen MR) is 146 cm³/mol. The van der Waals surface area contributed by atoms with Crippen LogP contribution in [0.5, 0.6) is 5.75 Å². The average molecular weight is 575 g/mol. The first-order chi connectivity index (χ1) is 17.7. The normalized spacial score (nSPS) is 10.9. The summed E-state index contributed by atoms with van der Waals surface area (Å²) in [6.07, 6.45) is 1.28. The highest BCUT2D eigenvalue weighted by molar-refractivity contribution is 6.43. The highest BCUT2D eigenvalue weighted by atomic mass is 35.5. The van der Waals surface area contributed by atoms with Gasteiger partial charge in [-0.2, -0.15) is 5.10 Å². The van der Waals surface area contributed by atoms with E-state index in [0.717, 1.165) is 5.39 Å². The maximum Gasteiger partial charge on any atom is 0.345 e. The van der Waals surface area contributed by atoms with Gasteiger partial charge >= 0.3 is 17.8 Å². The van der Waals surface area contributed by atoms with Crippen LogP contribution in [0.4, 0.5) is 5.69 Å². The number of nitrogens with zero attached hydrogens (tertiary/aromatic N) is 1. The summed E-state index contributed by atoms with van der Waals surface area (Å²) in [6.45, 7) is 0. The number of halogens is 4. The molecule has 0 aromatic heterocycles. The quantitative estimate of drug-likeness (QED) is 0.0904. The molecule has 0 unspecified atom stereocenters. The van der Waals surface area contributed by atoms with E-state index in [1.807, 2.05) is 12.1 Å². The minimum absolute atomic E-state index is 0.120. The summed E-state index contributed by atoms with van der Waals surface area (Å²) in [4.78, 5) is 37.3. The third kappa shape index (κ3) is 6.39. The average Bonchev–Trinajstić information content (AvgIpc) is 2.87. The summed E-state index contributed by atoms with van der Waals surface area (Å²) in [5, 5.41) is 8.83. The lowest BCUT2D eigenvalue weighted by Gasteiger charge is -2.11. The highest BCUT2D eigenvalue weighted by Crippen LogP contribution is 2.29. The van der Waals surface area contributed by atoms with Gasteiger partial charge in [-0.1, -0.05) is 76.7 Å². The topological polar surface area (TPSA) is 96.9 Å². The Hall–Kier alpha value is -3.62. The first-order valence-electron chi connectivity index (χ1n) is 10.5. The maximum absolute atomic E-state index is 12.8. The second kappa shape index (κ2) is 11.6. The van der Waals surface area contributed by atoms with Crippen LogP contribution < -0.4 is 15.5 Å². The molecule has 0 radical (unpaired) electrons. The smallest absolute Gasteiger partial charge is 0.345 e. The van der Waals surface area contributed by atoms with E-state index in [4.69, 9.17) is 51.1 Å². The Morgan fingerprint density at radius 3 is 2.32 bits per heavy atom. The van der Waals surface area contributed by atoms with Crippen molar-refractivity contribution < 1.29 is 19.1 Å². The monoisotopic (exact) mass is 573 g/mol. The molecule has 7 nitrogen and oxygen atoms in total. The molecule has 0 bridgehead atoms. The number of carbonyl (C=O) groups excluding carboxylic acids is 3. The van der Waals surface area contributed by atoms with Crippen molar-refractivity contribution in [3.05, 3.63) is 104 Å². The Kier molecular flexibility index (Phi) is 8.31. The van der Waals surface area contributed by atoms with Gasteiger partial charge in [0.05, 0.1) is 26.8 Å². The number of hydrazone groups is 1. The van der Waals surface area contributed by atoms with Crippen LogP contribution in [0.25, 0.3) is 10.8 Å². The summed E-state index contributed by atoms with van der Waals surface area (Å²) in [5.74, 6) is -2.56. The van der Waals surface area contributed by atoms with Gasteiger partial charge in [-0.15, -0.1) is 0 Å². The second-order valence-corrected chi connectivity index (χ2v) is 9.15. The van der Waals surface area contributed by atoms with Crippen LogP contribution in [0.2, 0.25) is 20.1 Å². The van der Waals surface area contributed by atoms with Gasteiger partial charge in [0.15, 0.2) is 0 Å². The summed E-state index contributed by atoms with van der Waals surface area (Å²) in [6, 6.07) is 19.4. The zero-order chi connectivity index (χ0) is 26.5. The number of hydrogen-bond acceptors (Lipinski definition) is 5. The maximum atomic E-state index is 12.8. The van der Waals surface area contributed by atoms with E-state index >= 15 is 0 Å². The van der Waals surface area contributed by atoms with Crippen LogP contribution in [0.3, 0.4) is 0 Å². The number of anilines is 1. The molecule has 0 atom stereocenters. The van der Waals surface area contributed by atoms with Gasteiger partial charge < -0.3 is 10.1 Å². The molecule has 37 heavy (non-hydrogen) atoms. The lowest BCUT2D eigenvalue weighted by atomic mass is 10.0. The van der Waals surface area contributed by atoms with Crippen LogP contribution in [-0.4, -0.2) is 24.0 Å². The Morgan fingerprint density at radius 2 is 1.57 bits per heavy atom. The van der Waals surface area contributed by atoms with Crippen LogP contribution in [0, 0.1) is 0 Å². The molecule has 0 aliphatic carbocycles. The molecule has 0 saturated carbocycles. The van der Waals surface area contributed by atoms with Crippen LogP contribution in [-0.2, 0) is 9.59 Å². The Bertz CT molecular complexity index is 1570. The molecule has 0 spiro atoms. The SMILES string of the molecule is O=C(N/N=C\c1c(OC(=O)c2ccc(Cl)cc2Cl)ccc2ccccc12)C(=O)Nc1ccc(Cl)c(Cl)c1. The first kappa shape index (κ1) is 26.4. The molecule has 0 aliphatic rings. The number of rotatable bonds is 5. The van der Waals surface area contributed by atoms with Crippen molar-refractivity contribution in [1.29, 1.82) is 0 Å². The number of nitrogens with one attached hydrogen (secondary N) is 2. The van der Waals surface area contributed by atoms with Crippen molar-refractivity contribution in [2.45, 2.75) is 0 Å². The molecule has 11 heteroatoms. The molecule has 0 saturated heterocycles. The van der Waals surface area contributed by atoms with Gasteiger partial charge in [-0.25, -0.2) is 10.2 Å². The third-order valence-corrected chi connectivity index (χ3v) is 6.31. The van der Waals surface area contributed by atoms with E-state index in [1.165, 1.54) is 42.6 Å². The summed E-state index contributed by atoms with van der Waals surface area (Å²) < 4.78 is 5.59. The van der Waals surface area contributed by atoms with Crippen LogP contribution in [0.15, 0.2) is 77.9 Å². The van der Waals surface area contributed by atoms with Crippen molar-refractivity contribution in [3.8, 4) is 5.75 Å². The van der Waals surface area contributed by atoms with Gasteiger partial charge in [-0.3, -0.25) is 9.59 Å². The fourth-order valence-electron chi connectivity index (χ4n) is 3.28. The number of benzene rings is 4. The standard InChI is InChI=1S/C26H15Cl4N3O4/c27-15-6-8-18(21(29)11-15)26(36)37-23-10-5-14-3-1-2-4-17(14)19(23)13-31-33-25(35)24(34)32-16-7-9-20(28)22(30)12-16/h1-13H,(H,32,34)(H,33,35)/b31-13-. The van der Waals surface area contributed by atoms with E-state index in [0.29, 0.717) is 21.0 Å². The molecule has 0 heterocycles. The minimum Gasteiger partial charge on any atom is -0.422 e. The molecule has 186 valence electrons. The lowest BCUT2D eigenvalue weighted by molar-refractivity contribution is -0.136. The fraction of sp³-hybridized carbons (Fsp3) is 0. The number of carbonyl (C=O) groups is 3. The zero-order valence-electron chi connectivity index (χ0n) is 18.6. The number of amides is 2. The summed E-state index contributed by atoms with van der Waals surface area (Å²) in [7, 11) is 0. The molecule has 4 aromatic carbocycles.